The van der Waals surface area contributed by atoms with Crippen molar-refractivity contribution in [1.29, 1.82) is 0 Å². The number of nitrogens with one attached hydrogen (secondary N) is 1. The van der Waals surface area contributed by atoms with Crippen molar-refractivity contribution < 1.29 is 9.63 Å². The quantitative estimate of drug-likeness (QED) is 0.607. The number of carbonyl (C=O) groups is 1. The molecule has 8 heteroatoms. The van der Waals surface area contributed by atoms with Crippen LogP contribution in [0, 0.1) is 0 Å². The fourth-order valence-corrected chi connectivity index (χ4v) is 2.79. The van der Waals surface area contributed by atoms with Gasteiger partial charge in [0.1, 0.15) is 0 Å². The maximum Gasteiger partial charge on any atom is 0.255 e. The number of benzene rings is 1. The Kier molecular flexibility index (Phi) is 7.31. The van der Waals surface area contributed by atoms with Crippen LogP contribution in [0.2, 0.25) is 0 Å². The van der Waals surface area contributed by atoms with Crippen LogP contribution < -0.4 is 10.3 Å². The van der Waals surface area contributed by atoms with Gasteiger partial charge in [0.05, 0.1) is 12.3 Å². The molecule has 0 aliphatic carbocycles. The molecular formula is C20H26N6O2. The van der Waals surface area contributed by atoms with Crippen molar-refractivity contribution in [2.45, 2.75) is 39.0 Å². The lowest BCUT2D eigenvalue weighted by atomic mass is 10.2. The molecule has 0 saturated heterocycles. The van der Waals surface area contributed by atoms with E-state index in [1.165, 1.54) is 30.9 Å². The second kappa shape index (κ2) is 10.4. The molecule has 0 bridgehead atoms. The Bertz CT molecular complexity index is 783. The fraction of sp³-hybridized carbons (Fsp3) is 0.400. The number of aromatic nitrogens is 1. The summed E-state index contributed by atoms with van der Waals surface area (Å²) in [5.41, 5.74) is 2.06. The Balaban J connectivity index is 1.48. The first-order valence-corrected chi connectivity index (χ1v) is 9.67. The Morgan fingerprint density at radius 1 is 1.11 bits per heavy atom. The van der Waals surface area contributed by atoms with Crippen molar-refractivity contribution in [3.8, 4) is 0 Å². The topological polar surface area (TPSA) is 82.4 Å². The minimum Gasteiger partial charge on any atom is -0.322 e. The molecule has 1 amide bonds. The molecule has 0 saturated carbocycles. The van der Waals surface area contributed by atoms with Gasteiger partial charge in [0.2, 0.25) is 0 Å². The van der Waals surface area contributed by atoms with Gasteiger partial charge in [0.25, 0.3) is 5.91 Å². The standard InChI is InChI=1S/C20H26N6O2/c1-2-3-4-5-6-14-28-26-16-25(23-24-26)19-9-7-8-18(15-19)22-20(27)17-10-12-21-13-11-17/h7-13,15H,2-6,14,16H2,1H3,(H,22,27). The molecule has 8 nitrogen and oxygen atoms in total. The van der Waals surface area contributed by atoms with E-state index in [1.54, 1.807) is 29.5 Å². The SMILES string of the molecule is CCCCCCCON1CN(c2cccc(NC(=O)c3ccncc3)c2)N=N1. The van der Waals surface area contributed by atoms with Gasteiger partial charge < -0.3 is 5.32 Å². The van der Waals surface area contributed by atoms with E-state index in [1.807, 2.05) is 24.3 Å². The van der Waals surface area contributed by atoms with Crippen molar-refractivity contribution >= 4 is 17.3 Å². The summed E-state index contributed by atoms with van der Waals surface area (Å²) >= 11 is 0. The first-order valence-electron chi connectivity index (χ1n) is 9.67. The van der Waals surface area contributed by atoms with E-state index >= 15 is 0 Å². The highest BCUT2D eigenvalue weighted by Gasteiger charge is 2.18. The Morgan fingerprint density at radius 2 is 1.93 bits per heavy atom. The van der Waals surface area contributed by atoms with Crippen LogP contribution in [0.15, 0.2) is 59.2 Å². The Labute approximate surface area is 165 Å². The second-order valence-corrected chi connectivity index (χ2v) is 6.56. The zero-order chi connectivity index (χ0) is 19.6. The molecule has 0 fully saturated rings. The van der Waals surface area contributed by atoms with Crippen LogP contribution >= 0.6 is 0 Å². The third-order valence-corrected chi connectivity index (χ3v) is 4.34. The molecule has 1 aliphatic rings. The van der Waals surface area contributed by atoms with Crippen LogP contribution in [-0.4, -0.2) is 29.3 Å². The van der Waals surface area contributed by atoms with Gasteiger partial charge in [-0.2, -0.15) is 0 Å². The molecule has 0 atom stereocenters. The molecule has 0 radical (unpaired) electrons. The second-order valence-electron chi connectivity index (χ2n) is 6.56. The van der Waals surface area contributed by atoms with E-state index < -0.39 is 0 Å². The average molecular weight is 382 g/mol. The molecule has 3 rings (SSSR count). The Morgan fingerprint density at radius 3 is 2.75 bits per heavy atom. The van der Waals surface area contributed by atoms with E-state index in [0.717, 1.165) is 12.1 Å². The van der Waals surface area contributed by atoms with Crippen LogP contribution in [0.4, 0.5) is 11.4 Å². The lowest BCUT2D eigenvalue weighted by molar-refractivity contribution is -0.153. The van der Waals surface area contributed by atoms with E-state index in [0.29, 0.717) is 24.5 Å². The number of nitrogens with zero attached hydrogens (tertiary/aromatic N) is 5. The number of unbranched alkanes of at least 4 members (excludes halogenated alkanes) is 4. The first-order chi connectivity index (χ1) is 13.8. The van der Waals surface area contributed by atoms with E-state index in [2.05, 4.69) is 27.7 Å². The summed E-state index contributed by atoms with van der Waals surface area (Å²) in [6, 6.07) is 10.8. The summed E-state index contributed by atoms with van der Waals surface area (Å²) in [6.07, 6.45) is 9.11. The summed E-state index contributed by atoms with van der Waals surface area (Å²) in [6.45, 7) is 3.25. The van der Waals surface area contributed by atoms with Crippen molar-refractivity contribution in [2.24, 2.45) is 10.4 Å². The van der Waals surface area contributed by atoms with Gasteiger partial charge >= 0.3 is 0 Å². The van der Waals surface area contributed by atoms with Gasteiger partial charge in [-0.25, -0.2) is 5.01 Å². The van der Waals surface area contributed by atoms with Gasteiger partial charge in [-0.15, -0.1) is 5.17 Å². The maximum atomic E-state index is 12.3. The van der Waals surface area contributed by atoms with Crippen LogP contribution in [0.25, 0.3) is 0 Å². The summed E-state index contributed by atoms with van der Waals surface area (Å²) in [4.78, 5) is 21.9. The molecule has 1 aromatic heterocycles. The minimum absolute atomic E-state index is 0.185. The third kappa shape index (κ3) is 5.75. The minimum atomic E-state index is -0.185. The number of hydrogen-bond acceptors (Lipinski definition) is 7. The number of carbonyl (C=O) groups excluding carboxylic acids is 1. The zero-order valence-electron chi connectivity index (χ0n) is 16.1. The van der Waals surface area contributed by atoms with E-state index in [4.69, 9.17) is 4.84 Å². The largest absolute Gasteiger partial charge is 0.322 e. The number of hydroxylamine groups is 1. The van der Waals surface area contributed by atoms with Crippen LogP contribution in [-0.2, 0) is 4.84 Å². The highest BCUT2D eigenvalue weighted by molar-refractivity contribution is 6.04. The fourth-order valence-electron chi connectivity index (χ4n) is 2.79. The van der Waals surface area contributed by atoms with Gasteiger partial charge in [-0.3, -0.25) is 14.6 Å². The van der Waals surface area contributed by atoms with Crippen molar-refractivity contribution in [3.63, 3.8) is 0 Å². The average Bonchev–Trinajstić information content (AvgIpc) is 3.20. The number of hydrogen-bond donors (Lipinski definition) is 1. The van der Waals surface area contributed by atoms with Crippen LogP contribution in [0.1, 0.15) is 49.4 Å². The Hall–Kier alpha value is -3.00. The molecule has 28 heavy (non-hydrogen) atoms. The predicted octanol–water partition coefficient (Wildman–Crippen LogP) is 4.60. The van der Waals surface area contributed by atoms with Crippen LogP contribution in [0.5, 0.6) is 0 Å². The first kappa shape index (κ1) is 19.8. The molecule has 1 aliphatic heterocycles. The summed E-state index contributed by atoms with van der Waals surface area (Å²) in [5, 5.41) is 14.3. The molecule has 2 aromatic rings. The highest BCUT2D eigenvalue weighted by Crippen LogP contribution is 2.23. The van der Waals surface area contributed by atoms with Crippen LogP contribution in [0.3, 0.4) is 0 Å². The maximum absolute atomic E-state index is 12.3. The van der Waals surface area contributed by atoms with Crippen molar-refractivity contribution in [1.82, 2.24) is 10.2 Å². The molecule has 0 spiro atoms. The molecule has 2 heterocycles. The molecule has 1 N–H and O–H groups in total. The van der Waals surface area contributed by atoms with Gasteiger partial charge in [-0.05, 0) is 47.2 Å². The number of anilines is 2. The number of amides is 1. The van der Waals surface area contributed by atoms with E-state index in [9.17, 15) is 4.79 Å². The van der Waals surface area contributed by atoms with Crippen molar-refractivity contribution in [3.05, 3.63) is 54.4 Å². The lowest BCUT2D eigenvalue weighted by Crippen LogP contribution is -2.25. The monoisotopic (exact) mass is 382 g/mol. The zero-order valence-corrected chi connectivity index (χ0v) is 16.1. The normalized spacial score (nSPS) is 13.2. The summed E-state index contributed by atoms with van der Waals surface area (Å²) in [5.74, 6) is -0.185. The van der Waals surface area contributed by atoms with Gasteiger partial charge in [0, 0.05) is 23.6 Å². The molecular weight excluding hydrogens is 356 g/mol. The number of pyridine rings is 1. The molecule has 0 unspecified atom stereocenters. The molecule has 1 aromatic carbocycles. The highest BCUT2D eigenvalue weighted by atomic mass is 16.7. The smallest absolute Gasteiger partial charge is 0.255 e. The third-order valence-electron chi connectivity index (χ3n) is 4.34. The number of rotatable bonds is 10. The lowest BCUT2D eigenvalue weighted by Gasteiger charge is -2.16. The van der Waals surface area contributed by atoms with E-state index in [-0.39, 0.29) is 5.91 Å². The van der Waals surface area contributed by atoms with Crippen molar-refractivity contribution in [2.75, 3.05) is 23.6 Å². The van der Waals surface area contributed by atoms with Gasteiger partial charge in [0.15, 0.2) is 6.67 Å². The predicted molar refractivity (Wildman–Crippen MR) is 107 cm³/mol. The summed E-state index contributed by atoms with van der Waals surface area (Å²) < 4.78 is 0. The molecule has 148 valence electrons. The van der Waals surface area contributed by atoms with Gasteiger partial charge in [-0.1, -0.05) is 38.7 Å². The summed E-state index contributed by atoms with van der Waals surface area (Å²) in [7, 11) is 0.